The summed E-state index contributed by atoms with van der Waals surface area (Å²) in [6, 6.07) is 7.79. The number of benzene rings is 1. The summed E-state index contributed by atoms with van der Waals surface area (Å²) in [7, 11) is 1.64. The van der Waals surface area contributed by atoms with E-state index in [0.29, 0.717) is 12.3 Å². The summed E-state index contributed by atoms with van der Waals surface area (Å²) in [5.41, 5.74) is 3.04. The van der Waals surface area contributed by atoms with Gasteiger partial charge in [0.1, 0.15) is 24.2 Å². The lowest BCUT2D eigenvalue weighted by molar-refractivity contribution is 0.0333. The van der Waals surface area contributed by atoms with Crippen LogP contribution >= 0.6 is 0 Å². The number of rotatable bonds is 9. The van der Waals surface area contributed by atoms with E-state index in [9.17, 15) is 9.90 Å². The number of methoxy groups -OCH3 is 1. The Kier molecular flexibility index (Phi) is 7.20. The smallest absolute Gasteiger partial charge is 0.417 e. The monoisotopic (exact) mass is 491 g/mol. The number of carbonyl (C=O) groups excluding carboxylic acids is 1. The second-order valence-corrected chi connectivity index (χ2v) is 8.74. The van der Waals surface area contributed by atoms with Gasteiger partial charge in [-0.1, -0.05) is 18.2 Å². The topological polar surface area (TPSA) is 102 Å². The lowest BCUT2D eigenvalue weighted by atomic mass is 10.0. The third kappa shape index (κ3) is 5.22. The number of nitrogens with one attached hydrogen (secondary N) is 1. The van der Waals surface area contributed by atoms with Crippen LogP contribution in [0.25, 0.3) is 10.9 Å². The average Bonchev–Trinajstić information content (AvgIpc) is 3.33. The standard InChI is InChI=1S/C27H29N3O6/c1-33-20-7-8-22-21(13-20)18(10-12-29-22)9-11-28-14-23(31)24-15-30(27(32)36-24)26-17-34-16-25(35-26)19-5-3-2-4-6-19/h2-3,5,7-8,10,12-13,16-17,23-24,28,31H,4,6,9,11,14-15H2,1H3/t23-,24-/m1/s1. The maximum atomic E-state index is 12.5. The third-order valence-corrected chi connectivity index (χ3v) is 6.38. The first-order valence-corrected chi connectivity index (χ1v) is 12.0. The quantitative estimate of drug-likeness (QED) is 0.514. The molecule has 0 spiro atoms. The van der Waals surface area contributed by atoms with E-state index in [2.05, 4.69) is 16.4 Å². The fourth-order valence-electron chi connectivity index (χ4n) is 4.38. The van der Waals surface area contributed by atoms with Crippen molar-refractivity contribution < 1.29 is 28.8 Å². The molecule has 9 nitrogen and oxygen atoms in total. The molecule has 1 saturated heterocycles. The molecule has 1 amide bonds. The highest BCUT2D eigenvalue weighted by molar-refractivity contribution is 5.83. The molecule has 0 unspecified atom stereocenters. The fraction of sp³-hybridized carbons (Fsp3) is 0.333. The Morgan fingerprint density at radius 2 is 2.22 bits per heavy atom. The summed E-state index contributed by atoms with van der Waals surface area (Å²) in [6.45, 7) is 1.08. The lowest BCUT2D eigenvalue weighted by Crippen LogP contribution is -2.39. The van der Waals surface area contributed by atoms with E-state index < -0.39 is 18.3 Å². The molecule has 1 aliphatic carbocycles. The van der Waals surface area contributed by atoms with Crippen molar-refractivity contribution in [1.29, 1.82) is 0 Å². The molecule has 1 fully saturated rings. The Labute approximate surface area is 209 Å². The van der Waals surface area contributed by atoms with Gasteiger partial charge in [-0.15, -0.1) is 0 Å². The predicted molar refractivity (Wildman–Crippen MR) is 133 cm³/mol. The van der Waals surface area contributed by atoms with Gasteiger partial charge < -0.3 is 29.4 Å². The van der Waals surface area contributed by atoms with Crippen LogP contribution in [-0.4, -0.2) is 60.0 Å². The van der Waals surface area contributed by atoms with Crippen molar-refractivity contribution >= 4 is 17.0 Å². The molecule has 188 valence electrons. The normalized spacial score (nSPS) is 20.2. The molecule has 36 heavy (non-hydrogen) atoms. The number of fused-ring (bicyclic) bond motifs is 1. The zero-order valence-electron chi connectivity index (χ0n) is 20.1. The number of aliphatic hydroxyl groups excluding tert-OH is 1. The summed E-state index contributed by atoms with van der Waals surface area (Å²) in [4.78, 5) is 18.2. The second kappa shape index (κ2) is 10.8. The van der Waals surface area contributed by atoms with E-state index in [-0.39, 0.29) is 19.0 Å². The maximum Gasteiger partial charge on any atom is 0.417 e. The van der Waals surface area contributed by atoms with Crippen LogP contribution in [0.3, 0.4) is 0 Å². The van der Waals surface area contributed by atoms with Crippen molar-refractivity contribution in [2.45, 2.75) is 31.5 Å². The Hall–Kier alpha value is -3.82. The molecule has 0 radical (unpaired) electrons. The molecule has 2 aliphatic heterocycles. The highest BCUT2D eigenvalue weighted by atomic mass is 16.6. The number of pyridine rings is 1. The molecule has 1 aromatic heterocycles. The molecule has 2 N–H and O–H groups in total. The summed E-state index contributed by atoms with van der Waals surface area (Å²) in [5.74, 6) is 1.59. The van der Waals surface area contributed by atoms with Crippen LogP contribution in [0.1, 0.15) is 18.4 Å². The van der Waals surface area contributed by atoms with E-state index in [1.807, 2.05) is 36.4 Å². The van der Waals surface area contributed by atoms with Gasteiger partial charge in [0, 0.05) is 18.1 Å². The predicted octanol–water partition coefficient (Wildman–Crippen LogP) is 3.52. The molecular formula is C27H29N3O6. The van der Waals surface area contributed by atoms with E-state index in [1.54, 1.807) is 13.3 Å². The Morgan fingerprint density at radius 1 is 1.31 bits per heavy atom. The molecule has 2 atom stereocenters. The average molecular weight is 492 g/mol. The van der Waals surface area contributed by atoms with Gasteiger partial charge in [-0.3, -0.25) is 4.98 Å². The summed E-state index contributed by atoms with van der Waals surface area (Å²) in [6.07, 6.45) is 11.1. The number of nitrogens with zero attached hydrogens (tertiary/aromatic N) is 2. The molecule has 3 heterocycles. The number of cyclic esters (lactones) is 1. The first kappa shape index (κ1) is 23.9. The van der Waals surface area contributed by atoms with Gasteiger partial charge in [0.15, 0.2) is 12.0 Å². The Balaban J connectivity index is 1.12. The highest BCUT2D eigenvalue weighted by Gasteiger charge is 2.39. The number of aromatic nitrogens is 1. The highest BCUT2D eigenvalue weighted by Crippen LogP contribution is 2.30. The fourth-order valence-corrected chi connectivity index (χ4v) is 4.38. The number of amides is 1. The van der Waals surface area contributed by atoms with Crippen molar-refractivity contribution in [2.75, 3.05) is 26.7 Å². The molecule has 5 rings (SSSR count). The van der Waals surface area contributed by atoms with Crippen LogP contribution < -0.4 is 10.1 Å². The molecule has 2 aromatic rings. The summed E-state index contributed by atoms with van der Waals surface area (Å²) >= 11 is 0. The van der Waals surface area contributed by atoms with Gasteiger partial charge in [0.2, 0.25) is 5.88 Å². The SMILES string of the molecule is COc1ccc2nccc(CCNC[C@@H](O)[C@H]3CN(C4=COC=C(C5=CC=CCC5)O4)C(=O)O3)c2c1. The zero-order valence-corrected chi connectivity index (χ0v) is 20.1. The number of aliphatic hydroxyl groups is 1. The molecule has 3 aliphatic rings. The third-order valence-electron chi connectivity index (χ3n) is 6.38. The maximum absolute atomic E-state index is 12.5. The van der Waals surface area contributed by atoms with Crippen LogP contribution in [0.4, 0.5) is 4.79 Å². The van der Waals surface area contributed by atoms with Crippen LogP contribution in [-0.2, 0) is 20.6 Å². The largest absolute Gasteiger partial charge is 0.497 e. The lowest BCUT2D eigenvalue weighted by Gasteiger charge is -2.23. The Morgan fingerprint density at radius 3 is 3.06 bits per heavy atom. The second-order valence-electron chi connectivity index (χ2n) is 8.74. The number of allylic oxidation sites excluding steroid dienone is 4. The molecule has 0 bridgehead atoms. The van der Waals surface area contributed by atoms with Gasteiger partial charge in [0.05, 0.1) is 19.2 Å². The van der Waals surface area contributed by atoms with Gasteiger partial charge >= 0.3 is 6.09 Å². The van der Waals surface area contributed by atoms with Crippen molar-refractivity contribution in [1.82, 2.24) is 15.2 Å². The first-order chi connectivity index (χ1) is 17.6. The van der Waals surface area contributed by atoms with Crippen LogP contribution in [0, 0.1) is 0 Å². The number of hydrogen-bond donors (Lipinski definition) is 2. The van der Waals surface area contributed by atoms with E-state index in [1.165, 1.54) is 17.4 Å². The minimum absolute atomic E-state index is 0.165. The van der Waals surface area contributed by atoms with Gasteiger partial charge in [-0.2, -0.15) is 0 Å². The zero-order chi connectivity index (χ0) is 24.9. The first-order valence-electron chi connectivity index (χ1n) is 12.0. The summed E-state index contributed by atoms with van der Waals surface area (Å²) in [5, 5.41) is 15.0. The number of hydrogen-bond acceptors (Lipinski definition) is 8. The molecule has 0 saturated carbocycles. The Bertz CT molecular complexity index is 1250. The minimum atomic E-state index is -0.875. The van der Waals surface area contributed by atoms with E-state index >= 15 is 0 Å². The molecule has 9 heteroatoms. The molecular weight excluding hydrogens is 462 g/mol. The van der Waals surface area contributed by atoms with Crippen molar-refractivity contribution in [2.24, 2.45) is 0 Å². The number of carbonyl (C=O) groups is 1. The van der Waals surface area contributed by atoms with Gasteiger partial charge in [-0.25, -0.2) is 9.69 Å². The minimum Gasteiger partial charge on any atom is -0.497 e. The van der Waals surface area contributed by atoms with Crippen molar-refractivity contribution in [3.8, 4) is 5.75 Å². The van der Waals surface area contributed by atoms with Crippen LogP contribution in [0.15, 0.2) is 78.4 Å². The van der Waals surface area contributed by atoms with E-state index in [4.69, 9.17) is 18.9 Å². The van der Waals surface area contributed by atoms with Gasteiger partial charge in [0.25, 0.3) is 0 Å². The van der Waals surface area contributed by atoms with E-state index in [0.717, 1.165) is 47.1 Å². The molecule has 1 aromatic carbocycles. The summed E-state index contributed by atoms with van der Waals surface area (Å²) < 4.78 is 22.1. The van der Waals surface area contributed by atoms with Crippen molar-refractivity contribution in [3.63, 3.8) is 0 Å². The van der Waals surface area contributed by atoms with Gasteiger partial charge in [-0.05, 0) is 61.2 Å². The number of ether oxygens (including phenoxy) is 4. The van der Waals surface area contributed by atoms with Crippen LogP contribution in [0.5, 0.6) is 5.75 Å². The van der Waals surface area contributed by atoms with Crippen molar-refractivity contribution in [3.05, 3.63) is 84.0 Å². The van der Waals surface area contributed by atoms with Crippen LogP contribution in [0.2, 0.25) is 0 Å².